The fraction of sp³-hybridized carbons (Fsp3) is 0.333. The number of carboxylic acids is 1. The Labute approximate surface area is 98.0 Å². The van der Waals surface area contributed by atoms with Gasteiger partial charge in [0.15, 0.2) is 5.78 Å². The van der Waals surface area contributed by atoms with Gasteiger partial charge in [0, 0.05) is 16.5 Å². The number of aliphatic carboxylic acids is 1. The Morgan fingerprint density at radius 1 is 1.50 bits per heavy atom. The van der Waals surface area contributed by atoms with Crippen LogP contribution in [0.4, 0.5) is 0 Å². The van der Waals surface area contributed by atoms with Gasteiger partial charge in [-0.1, -0.05) is 11.6 Å². The van der Waals surface area contributed by atoms with Crippen LogP contribution in [0.1, 0.15) is 28.8 Å². The summed E-state index contributed by atoms with van der Waals surface area (Å²) >= 11 is 5.84. The largest absolute Gasteiger partial charge is 0.481 e. The first-order valence-electron chi connectivity index (χ1n) is 5.12. The van der Waals surface area contributed by atoms with E-state index >= 15 is 0 Å². The molecule has 4 heteroatoms. The van der Waals surface area contributed by atoms with E-state index in [9.17, 15) is 9.59 Å². The van der Waals surface area contributed by atoms with Crippen LogP contribution in [0.15, 0.2) is 18.2 Å². The Morgan fingerprint density at radius 3 is 2.94 bits per heavy atom. The molecule has 2 rings (SSSR count). The number of aryl methyl sites for hydroxylation is 1. The van der Waals surface area contributed by atoms with E-state index in [4.69, 9.17) is 16.7 Å². The van der Waals surface area contributed by atoms with E-state index in [2.05, 4.69) is 0 Å². The third-order valence-electron chi connectivity index (χ3n) is 2.89. The van der Waals surface area contributed by atoms with E-state index in [1.54, 1.807) is 18.2 Å². The maximum absolute atomic E-state index is 12.0. The Kier molecular flexibility index (Phi) is 2.97. The van der Waals surface area contributed by atoms with Crippen LogP contribution >= 0.6 is 11.6 Å². The molecule has 0 bridgehead atoms. The van der Waals surface area contributed by atoms with Gasteiger partial charge in [-0.15, -0.1) is 0 Å². The van der Waals surface area contributed by atoms with Crippen LogP contribution in [-0.4, -0.2) is 16.9 Å². The molecule has 1 atom stereocenters. The molecule has 0 radical (unpaired) electrons. The van der Waals surface area contributed by atoms with Crippen molar-refractivity contribution in [2.24, 2.45) is 5.92 Å². The van der Waals surface area contributed by atoms with E-state index in [-0.39, 0.29) is 18.1 Å². The van der Waals surface area contributed by atoms with E-state index < -0.39 is 5.97 Å². The molecular weight excluding hydrogens is 228 g/mol. The van der Waals surface area contributed by atoms with Crippen LogP contribution in [0, 0.1) is 5.92 Å². The number of carboxylic acid groups (broad SMARTS) is 1. The summed E-state index contributed by atoms with van der Waals surface area (Å²) in [6.07, 6.45) is 1.24. The Balaban J connectivity index is 2.29. The van der Waals surface area contributed by atoms with Crippen molar-refractivity contribution in [2.75, 3.05) is 0 Å². The first kappa shape index (κ1) is 11.1. The maximum Gasteiger partial charge on any atom is 0.304 e. The molecule has 0 spiro atoms. The highest BCUT2D eigenvalue weighted by atomic mass is 35.5. The van der Waals surface area contributed by atoms with Crippen LogP contribution in [0.25, 0.3) is 0 Å². The van der Waals surface area contributed by atoms with Crippen LogP contribution in [0.5, 0.6) is 0 Å². The average Bonchev–Trinajstić information content (AvgIpc) is 2.22. The van der Waals surface area contributed by atoms with Crippen LogP contribution in [-0.2, 0) is 11.2 Å². The molecule has 1 aliphatic carbocycles. The predicted octanol–water partition coefficient (Wildman–Crippen LogP) is 2.56. The number of carbonyl (C=O) groups is 2. The average molecular weight is 239 g/mol. The Bertz CT molecular complexity index is 454. The zero-order valence-electron chi connectivity index (χ0n) is 8.57. The molecule has 0 aliphatic heterocycles. The third kappa shape index (κ3) is 2.09. The molecule has 1 aromatic rings. The maximum atomic E-state index is 12.0. The van der Waals surface area contributed by atoms with Crippen molar-refractivity contribution in [2.45, 2.75) is 19.3 Å². The van der Waals surface area contributed by atoms with Gasteiger partial charge in [0.25, 0.3) is 0 Å². The minimum absolute atomic E-state index is 0.0692. The topological polar surface area (TPSA) is 54.4 Å². The third-order valence-corrected chi connectivity index (χ3v) is 3.12. The van der Waals surface area contributed by atoms with Gasteiger partial charge in [-0.25, -0.2) is 0 Å². The van der Waals surface area contributed by atoms with Crippen molar-refractivity contribution in [3.05, 3.63) is 34.3 Å². The lowest BCUT2D eigenvalue weighted by Crippen LogP contribution is -2.24. The van der Waals surface area contributed by atoms with Crippen molar-refractivity contribution in [3.8, 4) is 0 Å². The summed E-state index contributed by atoms with van der Waals surface area (Å²) in [4.78, 5) is 22.6. The highest BCUT2D eigenvalue weighted by Crippen LogP contribution is 2.29. The smallest absolute Gasteiger partial charge is 0.304 e. The van der Waals surface area contributed by atoms with E-state index in [1.807, 2.05) is 0 Å². The monoisotopic (exact) mass is 238 g/mol. The van der Waals surface area contributed by atoms with Gasteiger partial charge >= 0.3 is 5.97 Å². The second-order valence-corrected chi connectivity index (χ2v) is 4.44. The second-order valence-electron chi connectivity index (χ2n) is 4.00. The fourth-order valence-electron chi connectivity index (χ4n) is 2.10. The number of Topliss-reactive ketones (excluding diaryl/α,β-unsaturated/α-hetero) is 1. The van der Waals surface area contributed by atoms with E-state index in [1.165, 1.54) is 0 Å². The van der Waals surface area contributed by atoms with Gasteiger partial charge < -0.3 is 5.11 Å². The highest BCUT2D eigenvalue weighted by Gasteiger charge is 2.28. The van der Waals surface area contributed by atoms with Gasteiger partial charge in [-0.05, 0) is 36.6 Å². The summed E-state index contributed by atoms with van der Waals surface area (Å²) in [6, 6.07) is 5.14. The first-order chi connectivity index (χ1) is 7.58. The summed E-state index contributed by atoms with van der Waals surface area (Å²) < 4.78 is 0. The van der Waals surface area contributed by atoms with Crippen molar-refractivity contribution in [1.82, 2.24) is 0 Å². The highest BCUT2D eigenvalue weighted by molar-refractivity contribution is 6.30. The molecule has 0 fully saturated rings. The van der Waals surface area contributed by atoms with E-state index in [0.29, 0.717) is 17.0 Å². The first-order valence-corrected chi connectivity index (χ1v) is 5.50. The van der Waals surface area contributed by atoms with E-state index in [0.717, 1.165) is 12.0 Å². The molecule has 0 amide bonds. The minimum Gasteiger partial charge on any atom is -0.481 e. The van der Waals surface area contributed by atoms with Crippen LogP contribution in [0.3, 0.4) is 0 Å². The molecule has 1 aliphatic rings. The zero-order chi connectivity index (χ0) is 11.7. The number of halogens is 1. The quantitative estimate of drug-likeness (QED) is 0.862. The Hall–Kier alpha value is -1.35. The van der Waals surface area contributed by atoms with Crippen LogP contribution in [0.2, 0.25) is 5.02 Å². The van der Waals surface area contributed by atoms with Crippen LogP contribution < -0.4 is 0 Å². The van der Waals surface area contributed by atoms with Gasteiger partial charge in [-0.3, -0.25) is 9.59 Å². The molecule has 3 nitrogen and oxygen atoms in total. The summed E-state index contributed by atoms with van der Waals surface area (Å²) in [7, 11) is 0. The predicted molar refractivity (Wildman–Crippen MR) is 59.8 cm³/mol. The fourth-order valence-corrected chi connectivity index (χ4v) is 2.29. The molecule has 1 N–H and O–H groups in total. The Morgan fingerprint density at radius 2 is 2.25 bits per heavy atom. The number of benzene rings is 1. The molecular formula is C12H11ClO3. The van der Waals surface area contributed by atoms with Crippen molar-refractivity contribution >= 4 is 23.4 Å². The van der Waals surface area contributed by atoms with Crippen molar-refractivity contribution in [1.29, 1.82) is 0 Å². The lowest BCUT2D eigenvalue weighted by atomic mass is 9.81. The zero-order valence-corrected chi connectivity index (χ0v) is 9.33. The molecule has 0 aromatic heterocycles. The number of hydrogen-bond donors (Lipinski definition) is 1. The standard InChI is InChI=1S/C12H11ClO3/c13-9-3-4-10-7(5-9)1-2-8(12(10)16)6-11(14)15/h3-5,8H,1-2,6H2,(H,14,15). The molecule has 0 saturated carbocycles. The molecule has 0 heterocycles. The molecule has 0 saturated heterocycles. The lowest BCUT2D eigenvalue weighted by Gasteiger charge is -2.22. The SMILES string of the molecule is O=C(O)CC1CCc2cc(Cl)ccc2C1=O. The summed E-state index contributed by atoms with van der Waals surface area (Å²) in [5.74, 6) is -1.37. The second kappa shape index (κ2) is 4.26. The number of hydrogen-bond acceptors (Lipinski definition) is 2. The van der Waals surface area contributed by atoms with Gasteiger partial charge in [0.2, 0.25) is 0 Å². The summed E-state index contributed by atoms with van der Waals surface area (Å²) in [5.41, 5.74) is 1.56. The number of carbonyl (C=O) groups excluding carboxylic acids is 1. The summed E-state index contributed by atoms with van der Waals surface area (Å²) in [6.45, 7) is 0. The van der Waals surface area contributed by atoms with Crippen molar-refractivity contribution < 1.29 is 14.7 Å². The summed E-state index contributed by atoms with van der Waals surface area (Å²) in [5, 5.41) is 9.32. The number of ketones is 1. The lowest BCUT2D eigenvalue weighted by molar-refractivity contribution is -0.137. The number of rotatable bonds is 2. The minimum atomic E-state index is -0.921. The van der Waals surface area contributed by atoms with Gasteiger partial charge in [-0.2, -0.15) is 0 Å². The normalized spacial score (nSPS) is 19.3. The van der Waals surface area contributed by atoms with Gasteiger partial charge in [0.1, 0.15) is 0 Å². The van der Waals surface area contributed by atoms with Gasteiger partial charge in [0.05, 0.1) is 6.42 Å². The molecule has 1 aromatic carbocycles. The molecule has 84 valence electrons. The number of fused-ring (bicyclic) bond motifs is 1. The molecule has 1 unspecified atom stereocenters. The van der Waals surface area contributed by atoms with Crippen molar-refractivity contribution in [3.63, 3.8) is 0 Å². The molecule has 16 heavy (non-hydrogen) atoms.